The smallest absolute Gasteiger partial charge is 0.347 e. The number of H-pyrrole nitrogens is 1. The molecule has 4 rings (SSSR count). The Morgan fingerprint density at radius 1 is 1.00 bits per heavy atom. The van der Waals surface area contributed by atoms with Crippen LogP contribution in [0.4, 0.5) is 11.5 Å². The first-order valence-electron chi connectivity index (χ1n) is 10.5. The van der Waals surface area contributed by atoms with Crippen LogP contribution in [0.1, 0.15) is 16.1 Å². The highest BCUT2D eigenvalue weighted by molar-refractivity contribution is 6.13. The molecule has 0 unspecified atom stereocenters. The molecule has 164 valence electrons. The number of aliphatic hydroxyl groups excluding tert-OH is 1. The minimum atomic E-state index is -0.526. The molecule has 0 aliphatic rings. The number of carbonyl (C=O) groups excluding carboxylic acids is 1. The quantitative estimate of drug-likeness (QED) is 0.216. The van der Waals surface area contributed by atoms with Crippen molar-refractivity contribution in [3.05, 3.63) is 76.3 Å². The highest BCUT2D eigenvalue weighted by Gasteiger charge is 2.18. The Balaban J connectivity index is 1.64. The van der Waals surface area contributed by atoms with Crippen molar-refractivity contribution in [3.8, 4) is 0 Å². The van der Waals surface area contributed by atoms with E-state index in [1.54, 1.807) is 6.92 Å². The van der Waals surface area contributed by atoms with Crippen LogP contribution in [-0.2, 0) is 0 Å². The number of aliphatic hydroxyl groups is 1. The number of aromatic nitrogens is 2. The Hall–Kier alpha value is -3.75. The molecule has 8 nitrogen and oxygen atoms in total. The van der Waals surface area contributed by atoms with Gasteiger partial charge in [0.05, 0.1) is 6.61 Å². The number of nitrogens with zero attached hydrogens (tertiary/aromatic N) is 1. The number of fused-ring (bicyclic) bond motifs is 2. The fourth-order valence-electron chi connectivity index (χ4n) is 3.73. The molecule has 0 fully saturated rings. The summed E-state index contributed by atoms with van der Waals surface area (Å²) >= 11 is 0. The number of rotatable bonds is 8. The number of hydrogen-bond acceptors (Lipinski definition) is 6. The number of hydrogen-bond donors (Lipinski definition) is 5. The van der Waals surface area contributed by atoms with E-state index in [2.05, 4.69) is 44.1 Å². The van der Waals surface area contributed by atoms with Gasteiger partial charge < -0.3 is 26.0 Å². The highest BCUT2D eigenvalue weighted by Crippen LogP contribution is 2.29. The van der Waals surface area contributed by atoms with Gasteiger partial charge in [-0.25, -0.2) is 4.79 Å². The van der Waals surface area contributed by atoms with Gasteiger partial charge in [-0.3, -0.25) is 4.79 Å². The first-order chi connectivity index (χ1) is 15.6. The summed E-state index contributed by atoms with van der Waals surface area (Å²) in [5.41, 5.74) is 0.865. The molecule has 0 saturated carbocycles. The third-order valence-corrected chi connectivity index (χ3v) is 5.22. The van der Waals surface area contributed by atoms with Crippen molar-refractivity contribution in [1.29, 1.82) is 0 Å². The molecule has 0 saturated heterocycles. The van der Waals surface area contributed by atoms with Crippen molar-refractivity contribution in [2.75, 3.05) is 36.9 Å². The Morgan fingerprint density at radius 2 is 1.75 bits per heavy atom. The average molecular weight is 431 g/mol. The summed E-state index contributed by atoms with van der Waals surface area (Å²) < 4.78 is 0. The van der Waals surface area contributed by atoms with Crippen LogP contribution in [-0.4, -0.2) is 47.2 Å². The Bertz CT molecular complexity index is 1330. The van der Waals surface area contributed by atoms with Crippen molar-refractivity contribution in [1.82, 2.24) is 15.3 Å². The van der Waals surface area contributed by atoms with Gasteiger partial charge in [0.1, 0.15) is 11.4 Å². The fourth-order valence-corrected chi connectivity index (χ4v) is 3.73. The number of anilines is 2. The summed E-state index contributed by atoms with van der Waals surface area (Å²) in [6, 6.07) is 18.0. The molecule has 1 heterocycles. The normalized spacial score (nSPS) is 11.1. The first kappa shape index (κ1) is 21.5. The highest BCUT2D eigenvalue weighted by atomic mass is 16.3. The number of nitrogens with one attached hydrogen (secondary N) is 4. The Morgan fingerprint density at radius 3 is 2.53 bits per heavy atom. The number of aryl methyl sites for hydroxylation is 1. The van der Waals surface area contributed by atoms with Gasteiger partial charge in [0.2, 0.25) is 0 Å². The van der Waals surface area contributed by atoms with Crippen LogP contribution in [0.25, 0.3) is 21.5 Å². The zero-order valence-corrected chi connectivity index (χ0v) is 17.7. The van der Waals surface area contributed by atoms with Gasteiger partial charge >= 0.3 is 5.69 Å². The molecule has 0 aliphatic heterocycles. The summed E-state index contributed by atoms with van der Waals surface area (Å²) in [4.78, 5) is 31.7. The molecule has 0 atom stereocenters. The second kappa shape index (κ2) is 9.59. The van der Waals surface area contributed by atoms with E-state index < -0.39 is 5.69 Å². The molecular formula is C24H25N5O3. The predicted molar refractivity (Wildman–Crippen MR) is 127 cm³/mol. The third-order valence-electron chi connectivity index (χ3n) is 5.22. The van der Waals surface area contributed by atoms with Gasteiger partial charge in [0, 0.05) is 36.4 Å². The summed E-state index contributed by atoms with van der Waals surface area (Å²) in [7, 11) is 0. The standard InChI is InChI=1S/C24H25N5O3/c1-15-21(22(29-24(32)27-15)26-10-9-25-11-12-30)23(31)28-20-8-4-7-18-13-16-5-2-3-6-17(16)14-19(18)20/h2-8,13-14,25,30H,9-12H2,1H3,(H,28,31)(H2,26,27,29,32). The topological polar surface area (TPSA) is 119 Å². The molecule has 1 aromatic heterocycles. The maximum Gasteiger partial charge on any atom is 0.347 e. The van der Waals surface area contributed by atoms with Crippen LogP contribution in [0.2, 0.25) is 0 Å². The molecule has 32 heavy (non-hydrogen) atoms. The Labute approximate surface area is 184 Å². The largest absolute Gasteiger partial charge is 0.395 e. The number of amides is 1. The molecule has 0 bridgehead atoms. The average Bonchev–Trinajstić information content (AvgIpc) is 2.77. The lowest BCUT2D eigenvalue weighted by Crippen LogP contribution is -2.28. The maximum absolute atomic E-state index is 13.2. The van der Waals surface area contributed by atoms with Crippen LogP contribution in [0.5, 0.6) is 0 Å². The second-order valence-corrected chi connectivity index (χ2v) is 7.47. The van der Waals surface area contributed by atoms with Crippen molar-refractivity contribution in [3.63, 3.8) is 0 Å². The van der Waals surface area contributed by atoms with Crippen LogP contribution >= 0.6 is 0 Å². The summed E-state index contributed by atoms with van der Waals surface area (Å²) in [5.74, 6) is -0.141. The van der Waals surface area contributed by atoms with E-state index >= 15 is 0 Å². The van der Waals surface area contributed by atoms with E-state index in [0.717, 1.165) is 21.5 Å². The lowest BCUT2D eigenvalue weighted by molar-refractivity contribution is 0.102. The summed E-state index contributed by atoms with van der Waals surface area (Å²) in [6.45, 7) is 3.16. The van der Waals surface area contributed by atoms with Crippen molar-refractivity contribution in [2.45, 2.75) is 6.92 Å². The Kier molecular flexibility index (Phi) is 6.44. The molecule has 8 heteroatoms. The molecule has 4 aromatic rings. The van der Waals surface area contributed by atoms with Gasteiger partial charge in [-0.1, -0.05) is 36.4 Å². The van der Waals surface area contributed by atoms with Crippen LogP contribution < -0.4 is 21.6 Å². The predicted octanol–water partition coefficient (Wildman–Crippen LogP) is 2.63. The van der Waals surface area contributed by atoms with Crippen LogP contribution in [0.3, 0.4) is 0 Å². The monoisotopic (exact) mass is 431 g/mol. The van der Waals surface area contributed by atoms with Gasteiger partial charge in [-0.15, -0.1) is 0 Å². The van der Waals surface area contributed by atoms with E-state index in [1.165, 1.54) is 0 Å². The number of aromatic amines is 1. The van der Waals surface area contributed by atoms with Crippen molar-refractivity contribution >= 4 is 39.0 Å². The van der Waals surface area contributed by atoms with E-state index in [0.29, 0.717) is 31.0 Å². The molecule has 0 spiro atoms. The van der Waals surface area contributed by atoms with E-state index in [4.69, 9.17) is 5.11 Å². The number of benzene rings is 3. The summed E-state index contributed by atoms with van der Waals surface area (Å²) in [6.07, 6.45) is 0. The zero-order chi connectivity index (χ0) is 22.5. The van der Waals surface area contributed by atoms with Crippen LogP contribution in [0, 0.1) is 6.92 Å². The van der Waals surface area contributed by atoms with E-state index in [-0.39, 0.29) is 23.9 Å². The first-order valence-corrected chi connectivity index (χ1v) is 10.5. The number of carbonyl (C=O) groups is 1. The minimum absolute atomic E-state index is 0.0380. The maximum atomic E-state index is 13.2. The minimum Gasteiger partial charge on any atom is -0.395 e. The zero-order valence-electron chi connectivity index (χ0n) is 17.7. The summed E-state index contributed by atoms with van der Waals surface area (Å²) in [5, 5.41) is 22.1. The van der Waals surface area contributed by atoms with Crippen molar-refractivity contribution < 1.29 is 9.90 Å². The third kappa shape index (κ3) is 4.61. The lowest BCUT2D eigenvalue weighted by atomic mass is 10.0. The molecule has 0 radical (unpaired) electrons. The van der Waals surface area contributed by atoms with Gasteiger partial charge in [-0.2, -0.15) is 4.98 Å². The van der Waals surface area contributed by atoms with Gasteiger partial charge in [-0.05, 0) is 41.3 Å². The SMILES string of the molecule is Cc1[nH]c(=O)nc(NCCNCCO)c1C(=O)Nc1cccc2cc3ccccc3cc12. The van der Waals surface area contributed by atoms with Crippen molar-refractivity contribution in [2.24, 2.45) is 0 Å². The second-order valence-electron chi connectivity index (χ2n) is 7.47. The van der Waals surface area contributed by atoms with E-state index in [1.807, 2.05) is 36.4 Å². The molecule has 5 N–H and O–H groups in total. The molecular weight excluding hydrogens is 406 g/mol. The molecule has 0 aliphatic carbocycles. The van der Waals surface area contributed by atoms with Crippen LogP contribution in [0.15, 0.2) is 59.4 Å². The van der Waals surface area contributed by atoms with Gasteiger partial charge in [0.25, 0.3) is 5.91 Å². The van der Waals surface area contributed by atoms with E-state index in [9.17, 15) is 9.59 Å². The molecule has 1 amide bonds. The fraction of sp³-hybridized carbons (Fsp3) is 0.208. The lowest BCUT2D eigenvalue weighted by Gasteiger charge is -2.14. The van der Waals surface area contributed by atoms with Gasteiger partial charge in [0.15, 0.2) is 0 Å². The molecule has 3 aromatic carbocycles.